The molecule has 9 nitrogen and oxygen atoms in total. The van der Waals surface area contributed by atoms with Crippen molar-refractivity contribution in [1.29, 1.82) is 0 Å². The Morgan fingerprint density at radius 2 is 0.843 bits per heavy atom. The second-order valence-electron chi connectivity index (χ2n) is 13.7. The number of benzene rings is 6. The molecule has 6 aromatic carbocycles. The minimum Gasteiger partial charge on any atom is -0.508 e. The van der Waals surface area contributed by atoms with Crippen LogP contribution in [0.3, 0.4) is 0 Å². The van der Waals surface area contributed by atoms with Gasteiger partial charge in [0.25, 0.3) is 0 Å². The van der Waals surface area contributed by atoms with E-state index in [1.807, 2.05) is 0 Å². The molecule has 0 aromatic heterocycles. The van der Waals surface area contributed by atoms with Gasteiger partial charge in [0.1, 0.15) is 57.8 Å². The maximum Gasteiger partial charge on any atom is 0.135 e. The number of phenols is 8. The van der Waals surface area contributed by atoms with Gasteiger partial charge in [0, 0.05) is 58.6 Å². The van der Waals surface area contributed by atoms with Gasteiger partial charge in [0.2, 0.25) is 0 Å². The standard InChI is InChI=1S/C42H32O9/c43-23-7-1-19(2-8-23)33-36-29(16-28(48)17-30(36)49)37-34(20-3-9-24(44)10-4-20)38-31(50)18-32-39(41(38)40(33)37)35(22-13-26(46)15-27(47)14-22)42(51-32)21-5-11-25(45)12-6-21/h1-18,33-35,37,40,42-50H/t33-,34+,35+,37+,40+,42?/m1/s1. The Balaban J connectivity index is 1.38. The van der Waals surface area contributed by atoms with Crippen molar-refractivity contribution < 1.29 is 45.6 Å². The third-order valence-corrected chi connectivity index (χ3v) is 10.9. The highest BCUT2D eigenvalue weighted by Crippen LogP contribution is 2.72. The summed E-state index contributed by atoms with van der Waals surface area (Å²) in [5, 5.41) is 86.6. The fourth-order valence-electron chi connectivity index (χ4n) is 9.08. The van der Waals surface area contributed by atoms with Crippen LogP contribution >= 0.6 is 0 Å². The Kier molecular flexibility index (Phi) is 6.60. The third kappa shape index (κ3) is 4.61. The third-order valence-electron chi connectivity index (χ3n) is 10.9. The van der Waals surface area contributed by atoms with Gasteiger partial charge in [-0.25, -0.2) is 0 Å². The van der Waals surface area contributed by atoms with Crippen LogP contribution in [0.1, 0.15) is 85.8 Å². The minimum absolute atomic E-state index is 0.0181. The van der Waals surface area contributed by atoms with Crippen LogP contribution in [0.2, 0.25) is 0 Å². The highest BCUT2D eigenvalue weighted by atomic mass is 16.5. The van der Waals surface area contributed by atoms with E-state index in [0.717, 1.165) is 22.3 Å². The van der Waals surface area contributed by atoms with Crippen molar-refractivity contribution in [2.45, 2.75) is 35.7 Å². The smallest absolute Gasteiger partial charge is 0.135 e. The fourth-order valence-corrected chi connectivity index (χ4v) is 9.08. The lowest BCUT2D eigenvalue weighted by Gasteiger charge is -2.26. The number of fused-ring (bicyclic) bond motifs is 7. The first kappa shape index (κ1) is 30.6. The first-order chi connectivity index (χ1) is 24.6. The Bertz CT molecular complexity index is 2330. The van der Waals surface area contributed by atoms with Crippen molar-refractivity contribution >= 4 is 0 Å². The summed E-state index contributed by atoms with van der Waals surface area (Å²) in [7, 11) is 0. The molecule has 51 heavy (non-hydrogen) atoms. The monoisotopic (exact) mass is 680 g/mol. The largest absolute Gasteiger partial charge is 0.508 e. The molecule has 3 aliphatic rings. The molecular weight excluding hydrogens is 648 g/mol. The van der Waals surface area contributed by atoms with Gasteiger partial charge < -0.3 is 45.6 Å². The lowest BCUT2D eigenvalue weighted by Crippen LogP contribution is -2.14. The molecule has 9 heteroatoms. The van der Waals surface area contributed by atoms with Crippen molar-refractivity contribution in [3.8, 4) is 51.7 Å². The summed E-state index contributed by atoms with van der Waals surface area (Å²) in [5.41, 5.74) is 6.25. The minimum atomic E-state index is -0.702. The molecule has 0 saturated heterocycles. The summed E-state index contributed by atoms with van der Waals surface area (Å²) >= 11 is 0. The predicted molar refractivity (Wildman–Crippen MR) is 186 cm³/mol. The van der Waals surface area contributed by atoms with Crippen LogP contribution in [0.4, 0.5) is 0 Å². The second-order valence-corrected chi connectivity index (χ2v) is 13.7. The fraction of sp³-hybridized carbons (Fsp3) is 0.143. The van der Waals surface area contributed by atoms with Gasteiger partial charge in [-0.3, -0.25) is 0 Å². The number of rotatable bonds is 4. The van der Waals surface area contributed by atoms with Gasteiger partial charge in [-0.15, -0.1) is 0 Å². The molecule has 1 heterocycles. The van der Waals surface area contributed by atoms with E-state index in [9.17, 15) is 40.9 Å². The maximum absolute atomic E-state index is 12.1. The summed E-state index contributed by atoms with van der Waals surface area (Å²) in [5.74, 6) is -2.43. The van der Waals surface area contributed by atoms with E-state index in [2.05, 4.69) is 0 Å². The Morgan fingerprint density at radius 3 is 1.41 bits per heavy atom. The molecule has 1 unspecified atom stereocenters. The molecule has 0 bridgehead atoms. The molecule has 9 rings (SSSR count). The summed E-state index contributed by atoms with van der Waals surface area (Å²) in [6.07, 6.45) is -0.702. The topological polar surface area (TPSA) is 171 Å². The number of hydrogen-bond acceptors (Lipinski definition) is 9. The molecule has 2 aliphatic carbocycles. The highest BCUT2D eigenvalue weighted by molar-refractivity contribution is 5.72. The Morgan fingerprint density at radius 1 is 0.353 bits per heavy atom. The molecule has 0 saturated carbocycles. The summed E-state index contributed by atoms with van der Waals surface area (Å²) in [6, 6.07) is 29.1. The van der Waals surface area contributed by atoms with E-state index in [0.29, 0.717) is 33.6 Å². The van der Waals surface area contributed by atoms with Crippen molar-refractivity contribution in [3.05, 3.63) is 159 Å². The van der Waals surface area contributed by atoms with Crippen molar-refractivity contribution in [1.82, 2.24) is 0 Å². The number of hydrogen-bond donors (Lipinski definition) is 8. The molecule has 6 aromatic rings. The normalized spacial score (nSPS) is 22.5. The van der Waals surface area contributed by atoms with Gasteiger partial charge >= 0.3 is 0 Å². The van der Waals surface area contributed by atoms with Crippen LogP contribution < -0.4 is 4.74 Å². The summed E-state index contributed by atoms with van der Waals surface area (Å²) in [6.45, 7) is 0. The molecule has 254 valence electrons. The average Bonchev–Trinajstić information content (AvgIpc) is 3.74. The zero-order chi connectivity index (χ0) is 35.3. The predicted octanol–water partition coefficient (Wildman–Crippen LogP) is 7.76. The van der Waals surface area contributed by atoms with Gasteiger partial charge in [-0.1, -0.05) is 36.4 Å². The van der Waals surface area contributed by atoms with Gasteiger partial charge in [-0.05, 0) is 88.0 Å². The molecule has 1 aliphatic heterocycles. The van der Waals surface area contributed by atoms with Crippen molar-refractivity contribution in [3.63, 3.8) is 0 Å². The lowest BCUT2D eigenvalue weighted by molar-refractivity contribution is 0.221. The maximum atomic E-state index is 12.1. The van der Waals surface area contributed by atoms with Crippen LogP contribution in [-0.4, -0.2) is 40.9 Å². The molecule has 0 amide bonds. The highest BCUT2D eigenvalue weighted by Gasteiger charge is 2.57. The Hall–Kier alpha value is -6.48. The summed E-state index contributed by atoms with van der Waals surface area (Å²) in [4.78, 5) is 0. The number of phenolic OH excluding ortho intramolecular Hbond substituents is 8. The van der Waals surface area contributed by atoms with E-state index in [1.54, 1.807) is 97.1 Å². The van der Waals surface area contributed by atoms with E-state index in [1.165, 1.54) is 12.1 Å². The molecule has 0 radical (unpaired) electrons. The first-order valence-corrected chi connectivity index (χ1v) is 16.6. The molecule has 0 spiro atoms. The lowest BCUT2D eigenvalue weighted by atomic mass is 9.75. The molecule has 8 N–H and O–H groups in total. The molecule has 6 atom stereocenters. The molecule has 0 fully saturated rings. The number of ether oxygens (including phenoxy) is 1. The SMILES string of the molecule is Oc1ccc(C2Oc3cc(O)c4c(c3[C@@H]2c2cc(O)cc(O)c2)[C@H]2[C@H](c3ccc(O)cc3)c3c(O)cc(O)cc3[C@H]2[C@@H]4c2ccc(O)cc2)cc1. The zero-order valence-electron chi connectivity index (χ0n) is 26.8. The second kappa shape index (κ2) is 11.0. The van der Waals surface area contributed by atoms with Gasteiger partial charge in [0.05, 0.1) is 5.92 Å². The van der Waals surface area contributed by atoms with Crippen molar-refractivity contribution in [2.75, 3.05) is 0 Å². The van der Waals surface area contributed by atoms with Crippen LogP contribution in [-0.2, 0) is 0 Å². The van der Waals surface area contributed by atoms with E-state index < -0.39 is 35.7 Å². The van der Waals surface area contributed by atoms with Crippen LogP contribution in [0.5, 0.6) is 51.7 Å². The van der Waals surface area contributed by atoms with E-state index in [-0.39, 0.29) is 46.0 Å². The van der Waals surface area contributed by atoms with Crippen LogP contribution in [0.15, 0.2) is 109 Å². The van der Waals surface area contributed by atoms with Crippen LogP contribution in [0, 0.1) is 0 Å². The Labute approximate surface area is 291 Å². The van der Waals surface area contributed by atoms with Crippen LogP contribution in [0.25, 0.3) is 0 Å². The average molecular weight is 681 g/mol. The van der Waals surface area contributed by atoms with E-state index >= 15 is 0 Å². The van der Waals surface area contributed by atoms with Gasteiger partial charge in [0.15, 0.2) is 0 Å². The van der Waals surface area contributed by atoms with Crippen molar-refractivity contribution in [2.24, 2.45) is 0 Å². The zero-order valence-corrected chi connectivity index (χ0v) is 26.8. The molecular formula is C42H32O9. The van der Waals surface area contributed by atoms with Gasteiger partial charge in [-0.2, -0.15) is 0 Å². The van der Waals surface area contributed by atoms with E-state index in [4.69, 9.17) is 4.74 Å². The quantitative estimate of drug-likeness (QED) is 0.0927. The summed E-state index contributed by atoms with van der Waals surface area (Å²) < 4.78 is 6.71. The first-order valence-electron chi connectivity index (χ1n) is 16.6. The number of aromatic hydroxyl groups is 8.